The molecule has 9 heteroatoms. The molecule has 2 atom stereocenters. The number of furan rings is 1. The van der Waals surface area contributed by atoms with Crippen molar-refractivity contribution in [2.24, 2.45) is 0 Å². The van der Waals surface area contributed by atoms with Crippen LogP contribution in [0.3, 0.4) is 0 Å². The first-order valence-corrected chi connectivity index (χ1v) is 14.1. The van der Waals surface area contributed by atoms with Crippen LogP contribution in [0.2, 0.25) is 0 Å². The molecule has 2 aromatic carbocycles. The van der Waals surface area contributed by atoms with Crippen LogP contribution in [0.1, 0.15) is 65.5 Å². The number of carboxylic acid groups (broad SMARTS) is 1. The van der Waals surface area contributed by atoms with Gasteiger partial charge in [-0.3, -0.25) is 14.6 Å². The Labute approximate surface area is 248 Å². The van der Waals surface area contributed by atoms with E-state index >= 15 is 0 Å². The Morgan fingerprint density at radius 1 is 1.05 bits per heavy atom. The number of fused-ring (bicyclic) bond motifs is 3. The molecule has 0 saturated heterocycles. The van der Waals surface area contributed by atoms with Crippen LogP contribution in [0.5, 0.6) is 0 Å². The number of aliphatic hydroxyl groups excluding tert-OH is 2. The Kier molecular flexibility index (Phi) is 8.84. The van der Waals surface area contributed by atoms with Crippen LogP contribution in [-0.2, 0) is 17.9 Å². The van der Waals surface area contributed by atoms with E-state index in [-0.39, 0.29) is 30.6 Å². The normalized spacial score (nSPS) is 14.3. The van der Waals surface area contributed by atoms with E-state index in [1.807, 2.05) is 38.1 Å². The lowest BCUT2D eigenvalue weighted by atomic mass is 9.87. The highest BCUT2D eigenvalue weighted by atomic mass is 19.1. The van der Waals surface area contributed by atoms with Crippen molar-refractivity contribution in [2.45, 2.75) is 57.9 Å². The average Bonchev–Trinajstić information content (AvgIpc) is 3.45. The van der Waals surface area contributed by atoms with Gasteiger partial charge in [-0.05, 0) is 46.9 Å². The van der Waals surface area contributed by atoms with Gasteiger partial charge in [-0.15, -0.1) is 0 Å². The highest BCUT2D eigenvalue weighted by Crippen LogP contribution is 2.42. The summed E-state index contributed by atoms with van der Waals surface area (Å²) in [7, 11) is 0. The molecule has 1 amide bonds. The number of halogens is 1. The van der Waals surface area contributed by atoms with Crippen molar-refractivity contribution >= 4 is 18.0 Å². The van der Waals surface area contributed by atoms with Crippen LogP contribution in [0.4, 0.5) is 4.39 Å². The van der Waals surface area contributed by atoms with E-state index in [2.05, 4.69) is 0 Å². The number of benzene rings is 2. The second kappa shape index (κ2) is 12.7. The number of hydrogen-bond acceptors (Lipinski definition) is 6. The van der Waals surface area contributed by atoms with Gasteiger partial charge in [0, 0.05) is 36.2 Å². The second-order valence-corrected chi connectivity index (χ2v) is 11.0. The zero-order valence-electron chi connectivity index (χ0n) is 23.9. The molecule has 0 fully saturated rings. The van der Waals surface area contributed by atoms with Gasteiger partial charge >= 0.3 is 5.97 Å². The first-order valence-electron chi connectivity index (χ1n) is 14.1. The zero-order chi connectivity index (χ0) is 30.7. The second-order valence-electron chi connectivity index (χ2n) is 11.0. The van der Waals surface area contributed by atoms with E-state index in [1.165, 1.54) is 24.5 Å². The summed E-state index contributed by atoms with van der Waals surface area (Å²) in [5.74, 6) is -1.69. The number of rotatable bonds is 9. The molecule has 0 unspecified atom stereocenters. The van der Waals surface area contributed by atoms with Crippen LogP contribution in [0.15, 0.2) is 77.4 Å². The van der Waals surface area contributed by atoms with Crippen molar-refractivity contribution in [3.05, 3.63) is 107 Å². The number of pyridine rings is 1. The molecule has 0 spiro atoms. The molecule has 0 aliphatic carbocycles. The Bertz CT molecular complexity index is 1650. The quantitative estimate of drug-likeness (QED) is 0.220. The molecular formula is C34H33FN2O6. The molecule has 3 N–H and O–H groups in total. The fourth-order valence-electron chi connectivity index (χ4n) is 5.48. The van der Waals surface area contributed by atoms with Gasteiger partial charge in [-0.2, -0.15) is 0 Å². The highest BCUT2D eigenvalue weighted by molar-refractivity contribution is 5.93. The third kappa shape index (κ3) is 6.58. The van der Waals surface area contributed by atoms with Crippen LogP contribution in [0.25, 0.3) is 28.5 Å². The number of hydrogen-bond donors (Lipinski definition) is 3. The van der Waals surface area contributed by atoms with E-state index in [1.54, 1.807) is 35.2 Å². The van der Waals surface area contributed by atoms with Crippen molar-refractivity contribution < 1.29 is 33.7 Å². The first kappa shape index (κ1) is 29.9. The summed E-state index contributed by atoms with van der Waals surface area (Å²) < 4.78 is 19.6. The summed E-state index contributed by atoms with van der Waals surface area (Å²) in [4.78, 5) is 31.5. The lowest BCUT2D eigenvalue weighted by Crippen LogP contribution is -2.29. The van der Waals surface area contributed by atoms with Crippen molar-refractivity contribution in [1.82, 2.24) is 9.88 Å². The van der Waals surface area contributed by atoms with E-state index < -0.39 is 30.4 Å². The molecule has 2 aromatic heterocycles. The Hall–Kier alpha value is -4.60. The van der Waals surface area contributed by atoms with Gasteiger partial charge in [0.15, 0.2) is 5.76 Å². The predicted octanol–water partition coefficient (Wildman–Crippen LogP) is 6.03. The molecule has 4 aromatic rings. The standard InChI is InChI=1S/C34H33FN2O6/c1-20(2)32-27(14-13-24(38)16-25(39)17-30(40)41)31(21-9-11-23(35)12-10-21)28-19-37(34(42)29-8-5-15-43-29)18-22-6-3-4-7-26(22)33(28)36-32/h3-15,20,24-25,38-39H,16-19H2,1-2H3,(H,40,41)/b14-13+/t24-,25-/m1/s1. The van der Waals surface area contributed by atoms with Gasteiger partial charge in [0.1, 0.15) is 5.82 Å². The number of aliphatic carboxylic acids is 1. The molecule has 8 nitrogen and oxygen atoms in total. The third-order valence-electron chi connectivity index (χ3n) is 7.46. The minimum Gasteiger partial charge on any atom is -0.481 e. The molecule has 1 aliphatic heterocycles. The summed E-state index contributed by atoms with van der Waals surface area (Å²) in [6.45, 7) is 4.51. The summed E-state index contributed by atoms with van der Waals surface area (Å²) in [5, 5.41) is 29.7. The lowest BCUT2D eigenvalue weighted by Gasteiger charge is -2.24. The molecule has 43 heavy (non-hydrogen) atoms. The average molecular weight is 585 g/mol. The maximum Gasteiger partial charge on any atom is 0.305 e. The summed E-state index contributed by atoms with van der Waals surface area (Å²) in [5.41, 5.74) is 6.10. The number of carbonyl (C=O) groups excluding carboxylic acids is 1. The third-order valence-corrected chi connectivity index (χ3v) is 7.46. The van der Waals surface area contributed by atoms with Crippen LogP contribution in [-0.4, -0.2) is 49.3 Å². The van der Waals surface area contributed by atoms with Crippen molar-refractivity contribution in [1.29, 1.82) is 0 Å². The predicted molar refractivity (Wildman–Crippen MR) is 159 cm³/mol. The Morgan fingerprint density at radius 2 is 1.79 bits per heavy atom. The summed E-state index contributed by atoms with van der Waals surface area (Å²) in [6, 6.07) is 17.2. The van der Waals surface area contributed by atoms with E-state index in [0.29, 0.717) is 23.4 Å². The topological polar surface area (TPSA) is 124 Å². The van der Waals surface area contributed by atoms with E-state index in [9.17, 15) is 24.2 Å². The number of carbonyl (C=O) groups is 2. The maximum absolute atomic E-state index is 14.1. The van der Waals surface area contributed by atoms with Gasteiger partial charge in [0.05, 0.1) is 36.3 Å². The molecule has 0 radical (unpaired) electrons. The van der Waals surface area contributed by atoms with Crippen molar-refractivity contribution in [3.8, 4) is 22.4 Å². The first-order chi connectivity index (χ1) is 20.6. The number of aromatic nitrogens is 1. The largest absolute Gasteiger partial charge is 0.481 e. The van der Waals surface area contributed by atoms with Gasteiger partial charge in [-0.1, -0.05) is 62.4 Å². The van der Waals surface area contributed by atoms with E-state index in [4.69, 9.17) is 14.5 Å². The zero-order valence-corrected chi connectivity index (χ0v) is 23.9. The number of carboxylic acids is 1. The van der Waals surface area contributed by atoms with Gasteiger partial charge in [0.25, 0.3) is 5.91 Å². The van der Waals surface area contributed by atoms with Crippen LogP contribution >= 0.6 is 0 Å². The Balaban J connectivity index is 1.73. The van der Waals surface area contributed by atoms with Gasteiger partial charge in [0.2, 0.25) is 0 Å². The maximum atomic E-state index is 14.1. The fraction of sp³-hybridized carbons (Fsp3) is 0.265. The number of aliphatic hydroxyl groups is 2. The van der Waals surface area contributed by atoms with E-state index in [0.717, 1.165) is 27.9 Å². The fourth-order valence-corrected chi connectivity index (χ4v) is 5.48. The molecule has 5 rings (SSSR count). The van der Waals surface area contributed by atoms with Crippen LogP contribution in [0, 0.1) is 5.82 Å². The molecular weight excluding hydrogens is 551 g/mol. The monoisotopic (exact) mass is 584 g/mol. The number of amides is 1. The molecule has 0 saturated carbocycles. The minimum atomic E-state index is -1.22. The SMILES string of the molecule is CC(C)c1nc2c(c(-c3ccc(F)cc3)c1/C=C/[C@@H](O)C[C@@H](O)CC(=O)O)CN(C(=O)c1ccco1)Cc1ccccc1-2. The lowest BCUT2D eigenvalue weighted by molar-refractivity contribution is -0.139. The Morgan fingerprint density at radius 3 is 2.47 bits per heavy atom. The van der Waals surface area contributed by atoms with Crippen molar-refractivity contribution in [2.75, 3.05) is 0 Å². The molecule has 3 heterocycles. The van der Waals surface area contributed by atoms with Gasteiger partial charge in [-0.25, -0.2) is 4.39 Å². The molecule has 222 valence electrons. The smallest absolute Gasteiger partial charge is 0.305 e. The number of nitrogens with zero attached hydrogens (tertiary/aromatic N) is 2. The van der Waals surface area contributed by atoms with Crippen molar-refractivity contribution in [3.63, 3.8) is 0 Å². The molecule has 1 aliphatic rings. The van der Waals surface area contributed by atoms with Gasteiger partial charge < -0.3 is 24.6 Å². The van der Waals surface area contributed by atoms with Crippen LogP contribution < -0.4 is 0 Å². The minimum absolute atomic E-state index is 0.0600. The molecule has 0 bridgehead atoms. The highest BCUT2D eigenvalue weighted by Gasteiger charge is 2.30. The summed E-state index contributed by atoms with van der Waals surface area (Å²) >= 11 is 0. The summed E-state index contributed by atoms with van der Waals surface area (Å²) in [6.07, 6.45) is 1.67.